The summed E-state index contributed by atoms with van der Waals surface area (Å²) in [4.78, 5) is 17.5. The van der Waals surface area contributed by atoms with E-state index in [2.05, 4.69) is 20.1 Å². The molecule has 1 aliphatic rings. The normalized spacial score (nSPS) is 14.3. The summed E-state index contributed by atoms with van der Waals surface area (Å²) < 4.78 is 7.20. The first kappa shape index (κ1) is 17.4. The van der Waals surface area contributed by atoms with Crippen molar-refractivity contribution >= 4 is 5.97 Å². The lowest BCUT2D eigenvalue weighted by atomic mass is 10.1. The smallest absolute Gasteiger partial charge is 0.335 e. The van der Waals surface area contributed by atoms with Gasteiger partial charge in [-0.05, 0) is 12.1 Å². The van der Waals surface area contributed by atoms with E-state index in [9.17, 15) is 9.90 Å². The van der Waals surface area contributed by atoms with Crippen molar-refractivity contribution < 1.29 is 19.5 Å². The first-order chi connectivity index (χ1) is 13.0. The third kappa shape index (κ3) is 3.34. The molecule has 0 saturated carbocycles. The Kier molecular flexibility index (Phi) is 4.46. The summed E-state index contributed by atoms with van der Waals surface area (Å²) in [6.45, 7) is 1.93. The molecule has 0 saturated heterocycles. The molecule has 3 aromatic rings. The Bertz CT molecular complexity index is 976. The molecule has 0 spiro atoms. The SMILES string of the molecule is Cn1nc(CO)c2c1CCN(Cc1nc(-c3ccc(C(=O)O)cc3)no1)C2. The summed E-state index contributed by atoms with van der Waals surface area (Å²) in [6, 6.07) is 6.35. The van der Waals surface area contributed by atoms with E-state index in [1.807, 2.05) is 11.7 Å². The van der Waals surface area contributed by atoms with E-state index in [1.165, 1.54) is 12.1 Å². The van der Waals surface area contributed by atoms with Crippen LogP contribution < -0.4 is 0 Å². The molecule has 4 rings (SSSR count). The molecular formula is C18H19N5O4. The highest BCUT2D eigenvalue weighted by atomic mass is 16.5. The van der Waals surface area contributed by atoms with Crippen molar-refractivity contribution in [2.45, 2.75) is 26.1 Å². The van der Waals surface area contributed by atoms with Gasteiger partial charge in [0.15, 0.2) is 0 Å². The van der Waals surface area contributed by atoms with Crippen molar-refractivity contribution in [2.75, 3.05) is 6.54 Å². The molecule has 2 aromatic heterocycles. The Morgan fingerprint density at radius 3 is 2.78 bits per heavy atom. The first-order valence-electron chi connectivity index (χ1n) is 8.58. The van der Waals surface area contributed by atoms with Gasteiger partial charge in [0.25, 0.3) is 0 Å². The third-order valence-corrected chi connectivity index (χ3v) is 4.77. The zero-order valence-corrected chi connectivity index (χ0v) is 14.8. The van der Waals surface area contributed by atoms with Gasteiger partial charge in [-0.15, -0.1) is 0 Å². The number of carbonyl (C=O) groups is 1. The van der Waals surface area contributed by atoms with Crippen molar-refractivity contribution in [1.29, 1.82) is 0 Å². The predicted molar refractivity (Wildman–Crippen MR) is 93.6 cm³/mol. The van der Waals surface area contributed by atoms with Gasteiger partial charge in [-0.2, -0.15) is 10.1 Å². The highest BCUT2D eigenvalue weighted by Gasteiger charge is 2.24. The van der Waals surface area contributed by atoms with Crippen molar-refractivity contribution in [2.24, 2.45) is 7.05 Å². The molecule has 1 aliphatic heterocycles. The number of hydrogen-bond donors (Lipinski definition) is 2. The van der Waals surface area contributed by atoms with Crippen LogP contribution in [0.25, 0.3) is 11.4 Å². The van der Waals surface area contributed by atoms with Gasteiger partial charge in [0.1, 0.15) is 0 Å². The fraction of sp³-hybridized carbons (Fsp3) is 0.333. The maximum atomic E-state index is 10.9. The summed E-state index contributed by atoms with van der Waals surface area (Å²) in [5, 5.41) is 26.8. The molecule has 0 fully saturated rings. The maximum Gasteiger partial charge on any atom is 0.335 e. The number of hydrogen-bond acceptors (Lipinski definition) is 7. The van der Waals surface area contributed by atoms with Crippen LogP contribution >= 0.6 is 0 Å². The summed E-state index contributed by atoms with van der Waals surface area (Å²) in [5.74, 6) is -0.0558. The summed E-state index contributed by atoms with van der Waals surface area (Å²) in [6.07, 6.45) is 0.844. The highest BCUT2D eigenvalue weighted by Crippen LogP contribution is 2.24. The van der Waals surface area contributed by atoms with Crippen LogP contribution in [0.5, 0.6) is 0 Å². The van der Waals surface area contributed by atoms with Crippen LogP contribution in [0, 0.1) is 0 Å². The standard InChI is InChI=1S/C18H19N5O4/c1-22-15-6-7-23(8-13(15)14(10-24)20-22)9-16-19-17(21-27-16)11-2-4-12(5-3-11)18(25)26/h2-5,24H,6-10H2,1H3,(H,25,26). The number of aliphatic hydroxyl groups is 1. The van der Waals surface area contributed by atoms with Crippen molar-refractivity contribution in [3.8, 4) is 11.4 Å². The summed E-state index contributed by atoms with van der Waals surface area (Å²) >= 11 is 0. The second-order valence-corrected chi connectivity index (χ2v) is 6.51. The van der Waals surface area contributed by atoms with Crippen LogP contribution in [0.3, 0.4) is 0 Å². The fourth-order valence-corrected chi connectivity index (χ4v) is 3.38. The maximum absolute atomic E-state index is 10.9. The van der Waals surface area contributed by atoms with Gasteiger partial charge >= 0.3 is 5.97 Å². The Labute approximate surface area is 154 Å². The van der Waals surface area contributed by atoms with Crippen LogP contribution in [-0.2, 0) is 33.2 Å². The second kappa shape index (κ2) is 6.93. The number of aryl methyl sites for hydroxylation is 1. The average Bonchev–Trinajstić information content (AvgIpc) is 3.26. The highest BCUT2D eigenvalue weighted by molar-refractivity contribution is 5.88. The van der Waals surface area contributed by atoms with Crippen LogP contribution in [-0.4, -0.2) is 47.5 Å². The van der Waals surface area contributed by atoms with Gasteiger partial charge in [0, 0.05) is 43.4 Å². The monoisotopic (exact) mass is 369 g/mol. The summed E-state index contributed by atoms with van der Waals surface area (Å²) in [5.41, 5.74) is 3.84. The predicted octanol–water partition coefficient (Wildman–Crippen LogP) is 1.22. The van der Waals surface area contributed by atoms with E-state index in [0.29, 0.717) is 36.1 Å². The second-order valence-electron chi connectivity index (χ2n) is 6.51. The van der Waals surface area contributed by atoms with Crippen molar-refractivity contribution in [3.63, 3.8) is 0 Å². The minimum Gasteiger partial charge on any atom is -0.478 e. The topological polar surface area (TPSA) is 118 Å². The quantitative estimate of drug-likeness (QED) is 0.689. The third-order valence-electron chi connectivity index (χ3n) is 4.77. The molecule has 0 unspecified atom stereocenters. The lowest BCUT2D eigenvalue weighted by Crippen LogP contribution is -2.31. The van der Waals surface area contributed by atoms with Gasteiger partial charge in [0.05, 0.1) is 24.4 Å². The van der Waals surface area contributed by atoms with Crippen molar-refractivity contribution in [1.82, 2.24) is 24.8 Å². The fourth-order valence-electron chi connectivity index (χ4n) is 3.38. The molecule has 3 heterocycles. The molecule has 0 aliphatic carbocycles. The number of nitrogens with zero attached hydrogens (tertiary/aromatic N) is 5. The summed E-state index contributed by atoms with van der Waals surface area (Å²) in [7, 11) is 1.90. The van der Waals surface area contributed by atoms with Crippen LogP contribution in [0.1, 0.15) is 33.2 Å². The van der Waals surface area contributed by atoms with E-state index in [1.54, 1.807) is 12.1 Å². The van der Waals surface area contributed by atoms with Crippen LogP contribution in [0.15, 0.2) is 28.8 Å². The van der Waals surface area contributed by atoms with Gasteiger partial charge in [0.2, 0.25) is 11.7 Å². The molecule has 9 heteroatoms. The Morgan fingerprint density at radius 2 is 2.07 bits per heavy atom. The molecule has 2 N–H and O–H groups in total. The molecule has 0 atom stereocenters. The molecule has 27 heavy (non-hydrogen) atoms. The van der Waals surface area contributed by atoms with Crippen molar-refractivity contribution in [3.05, 3.63) is 52.7 Å². The Hall–Kier alpha value is -3.04. The first-order valence-corrected chi connectivity index (χ1v) is 8.58. The number of benzene rings is 1. The minimum absolute atomic E-state index is 0.0753. The van der Waals surface area contributed by atoms with Gasteiger partial charge < -0.3 is 14.7 Å². The molecule has 0 radical (unpaired) electrons. The number of fused-ring (bicyclic) bond motifs is 1. The molecule has 0 amide bonds. The largest absolute Gasteiger partial charge is 0.478 e. The van der Waals surface area contributed by atoms with E-state index in [4.69, 9.17) is 9.63 Å². The lowest BCUT2D eigenvalue weighted by molar-refractivity contribution is 0.0697. The zero-order valence-electron chi connectivity index (χ0n) is 14.8. The number of aromatic nitrogens is 4. The van der Waals surface area contributed by atoms with E-state index >= 15 is 0 Å². The number of carboxylic acids is 1. The molecule has 1 aromatic carbocycles. The number of carboxylic acid groups (broad SMARTS) is 1. The minimum atomic E-state index is -0.975. The van der Waals surface area contributed by atoms with E-state index in [-0.39, 0.29) is 12.2 Å². The Balaban J connectivity index is 1.47. The van der Waals surface area contributed by atoms with Crippen LogP contribution in [0.2, 0.25) is 0 Å². The molecule has 9 nitrogen and oxygen atoms in total. The van der Waals surface area contributed by atoms with Gasteiger partial charge in [-0.25, -0.2) is 4.79 Å². The number of aromatic carboxylic acids is 1. The van der Waals surface area contributed by atoms with E-state index in [0.717, 1.165) is 24.2 Å². The average molecular weight is 369 g/mol. The molecule has 0 bridgehead atoms. The van der Waals surface area contributed by atoms with Gasteiger partial charge in [-0.1, -0.05) is 17.3 Å². The van der Waals surface area contributed by atoms with Gasteiger partial charge in [-0.3, -0.25) is 9.58 Å². The number of aliphatic hydroxyl groups excluding tert-OH is 1. The van der Waals surface area contributed by atoms with E-state index < -0.39 is 5.97 Å². The molecule has 140 valence electrons. The zero-order chi connectivity index (χ0) is 19.0. The lowest BCUT2D eigenvalue weighted by Gasteiger charge is -2.25. The Morgan fingerprint density at radius 1 is 1.30 bits per heavy atom. The van der Waals surface area contributed by atoms with Crippen LogP contribution in [0.4, 0.5) is 0 Å². The molecular weight excluding hydrogens is 350 g/mol. The number of rotatable bonds is 5.